The van der Waals surface area contributed by atoms with Crippen molar-refractivity contribution in [2.24, 2.45) is 10.7 Å². The molecule has 0 unspecified atom stereocenters. The molecule has 0 aliphatic carbocycles. The lowest BCUT2D eigenvalue weighted by Gasteiger charge is -2.09. The Morgan fingerprint density at radius 3 is 2.62 bits per heavy atom. The fourth-order valence-corrected chi connectivity index (χ4v) is 3.54. The van der Waals surface area contributed by atoms with E-state index in [9.17, 15) is 5.11 Å². The zero-order valence-electron chi connectivity index (χ0n) is 15.4. The van der Waals surface area contributed by atoms with E-state index in [1.807, 2.05) is 39.0 Å². The highest BCUT2D eigenvalue weighted by Crippen LogP contribution is 2.36. The van der Waals surface area contributed by atoms with Crippen molar-refractivity contribution in [2.75, 3.05) is 12.8 Å². The number of hydrogen-bond acceptors (Lipinski definition) is 6. The van der Waals surface area contributed by atoms with Crippen LogP contribution in [-0.2, 0) is 0 Å². The Morgan fingerprint density at radius 2 is 1.96 bits per heavy atom. The fraction of sp³-hybridized carbons (Fsp3) is 0.211. The van der Waals surface area contributed by atoms with Crippen molar-refractivity contribution in [3.8, 4) is 0 Å². The van der Waals surface area contributed by atoms with Crippen LogP contribution in [-0.4, -0.2) is 28.0 Å². The first-order valence-electron chi connectivity index (χ1n) is 8.19. The maximum Gasteiger partial charge on any atom is 0.144 e. The summed E-state index contributed by atoms with van der Waals surface area (Å²) in [5.74, 6) is 0.703. The van der Waals surface area contributed by atoms with Crippen LogP contribution in [0.4, 0.5) is 5.82 Å². The number of thiophene rings is 1. The lowest BCUT2D eigenvalue weighted by Crippen LogP contribution is -2.15. The van der Waals surface area contributed by atoms with Gasteiger partial charge in [-0.3, -0.25) is 4.99 Å². The van der Waals surface area contributed by atoms with Crippen molar-refractivity contribution in [3.05, 3.63) is 48.0 Å². The number of amidine groups is 1. The Balaban J connectivity index is 0.00000117. The summed E-state index contributed by atoms with van der Waals surface area (Å²) in [4.78, 5) is 12.2. The molecule has 1 aromatic carbocycles. The molecule has 26 heavy (non-hydrogen) atoms. The van der Waals surface area contributed by atoms with E-state index in [0.29, 0.717) is 17.0 Å². The topological polar surface area (TPSA) is 110 Å². The number of anilines is 1. The number of aliphatic hydroxyl groups excluding tert-OH is 1. The van der Waals surface area contributed by atoms with Gasteiger partial charge in [0.25, 0.3) is 0 Å². The molecule has 5 N–H and O–H groups in total. The third kappa shape index (κ3) is 3.39. The number of allylic oxidation sites excluding steroid dienone is 1. The van der Waals surface area contributed by atoms with Crippen LogP contribution >= 0.6 is 11.3 Å². The SMILES string of the molecule is C=C(C(N)=NC)/C(O)=C(\C)c1ccc2c(c1)sc1c(N)ncnc12.CC. The first-order valence-corrected chi connectivity index (χ1v) is 9.00. The van der Waals surface area contributed by atoms with E-state index in [4.69, 9.17) is 11.5 Å². The lowest BCUT2D eigenvalue weighted by atomic mass is 10.0. The molecule has 7 heteroatoms. The molecule has 2 heterocycles. The molecular formula is C19H23N5OS. The quantitative estimate of drug-likeness (QED) is 0.276. The van der Waals surface area contributed by atoms with Gasteiger partial charge in [0.2, 0.25) is 0 Å². The molecule has 0 atom stereocenters. The summed E-state index contributed by atoms with van der Waals surface area (Å²) in [6.45, 7) is 9.60. The van der Waals surface area contributed by atoms with E-state index >= 15 is 0 Å². The summed E-state index contributed by atoms with van der Waals surface area (Å²) in [7, 11) is 1.55. The minimum Gasteiger partial charge on any atom is -0.507 e. The molecule has 0 radical (unpaired) electrons. The summed E-state index contributed by atoms with van der Waals surface area (Å²) in [6, 6.07) is 5.87. The second kappa shape index (κ2) is 7.97. The molecule has 0 fully saturated rings. The third-order valence-electron chi connectivity index (χ3n) is 3.90. The number of aromatic nitrogens is 2. The Kier molecular flexibility index (Phi) is 5.94. The maximum absolute atomic E-state index is 10.4. The normalized spacial score (nSPS) is 12.5. The molecule has 136 valence electrons. The van der Waals surface area contributed by atoms with Gasteiger partial charge in [-0.2, -0.15) is 0 Å². The third-order valence-corrected chi connectivity index (χ3v) is 5.07. The highest BCUT2D eigenvalue weighted by molar-refractivity contribution is 7.26. The molecule has 3 aromatic rings. The average Bonchev–Trinajstić information content (AvgIpc) is 3.06. The number of fused-ring (bicyclic) bond motifs is 3. The number of aliphatic imine (C=N–C) groups is 1. The smallest absolute Gasteiger partial charge is 0.144 e. The molecule has 6 nitrogen and oxygen atoms in total. The summed E-state index contributed by atoms with van der Waals surface area (Å²) in [5, 5.41) is 11.4. The van der Waals surface area contributed by atoms with Crippen LogP contribution in [0.3, 0.4) is 0 Å². The largest absolute Gasteiger partial charge is 0.507 e. The van der Waals surface area contributed by atoms with Crippen molar-refractivity contribution in [1.82, 2.24) is 9.97 Å². The van der Waals surface area contributed by atoms with E-state index in [2.05, 4.69) is 21.5 Å². The number of aliphatic hydroxyl groups is 1. The number of hydrogen-bond donors (Lipinski definition) is 3. The number of rotatable bonds is 3. The monoisotopic (exact) mass is 369 g/mol. The molecule has 0 amide bonds. The van der Waals surface area contributed by atoms with Gasteiger partial charge in [-0.05, 0) is 24.1 Å². The van der Waals surface area contributed by atoms with Gasteiger partial charge >= 0.3 is 0 Å². The molecule has 0 aliphatic rings. The van der Waals surface area contributed by atoms with Crippen LogP contribution in [0.1, 0.15) is 26.3 Å². The van der Waals surface area contributed by atoms with Crippen LogP contribution in [0.15, 0.2) is 47.4 Å². The van der Waals surface area contributed by atoms with Gasteiger partial charge in [0.05, 0.1) is 15.8 Å². The zero-order valence-corrected chi connectivity index (χ0v) is 16.2. The summed E-state index contributed by atoms with van der Waals surface area (Å²) in [5.41, 5.74) is 14.3. The number of nitrogens with zero attached hydrogens (tertiary/aromatic N) is 3. The first kappa shape index (κ1) is 19.4. The van der Waals surface area contributed by atoms with Crippen molar-refractivity contribution >= 4 is 48.9 Å². The second-order valence-corrected chi connectivity index (χ2v) is 6.36. The summed E-state index contributed by atoms with van der Waals surface area (Å²) in [6.07, 6.45) is 1.46. The molecule has 0 bridgehead atoms. The average molecular weight is 369 g/mol. The Labute approximate surface area is 156 Å². The number of benzene rings is 1. The molecule has 3 rings (SSSR count). The fourth-order valence-electron chi connectivity index (χ4n) is 2.44. The summed E-state index contributed by atoms with van der Waals surface area (Å²) >= 11 is 1.53. The van der Waals surface area contributed by atoms with Crippen LogP contribution in [0.2, 0.25) is 0 Å². The Bertz CT molecular complexity index is 1030. The van der Waals surface area contributed by atoms with E-state index in [-0.39, 0.29) is 11.6 Å². The van der Waals surface area contributed by atoms with E-state index in [1.54, 1.807) is 7.05 Å². The van der Waals surface area contributed by atoms with E-state index in [1.165, 1.54) is 17.7 Å². The van der Waals surface area contributed by atoms with Gasteiger partial charge in [-0.25, -0.2) is 9.97 Å². The number of nitrogen functional groups attached to an aromatic ring is 1. The molecular weight excluding hydrogens is 346 g/mol. The van der Waals surface area contributed by atoms with Gasteiger partial charge in [0.15, 0.2) is 0 Å². The summed E-state index contributed by atoms with van der Waals surface area (Å²) < 4.78 is 1.88. The lowest BCUT2D eigenvalue weighted by molar-refractivity contribution is 0.430. The molecule has 0 saturated carbocycles. The minimum atomic E-state index is 0.0258. The van der Waals surface area contributed by atoms with Gasteiger partial charge in [0.1, 0.15) is 23.7 Å². The number of nitrogens with two attached hydrogens (primary N) is 2. The highest BCUT2D eigenvalue weighted by Gasteiger charge is 2.13. The van der Waals surface area contributed by atoms with Gasteiger partial charge in [-0.1, -0.05) is 32.6 Å². The zero-order chi connectivity index (χ0) is 19.4. The van der Waals surface area contributed by atoms with Gasteiger partial charge in [-0.15, -0.1) is 11.3 Å². The van der Waals surface area contributed by atoms with Gasteiger partial charge in [0, 0.05) is 17.1 Å². The maximum atomic E-state index is 10.4. The Hall–Kier alpha value is -2.93. The van der Waals surface area contributed by atoms with Crippen LogP contribution < -0.4 is 11.5 Å². The molecule has 0 spiro atoms. The van der Waals surface area contributed by atoms with Crippen molar-refractivity contribution in [2.45, 2.75) is 20.8 Å². The first-order chi connectivity index (χ1) is 12.4. The van der Waals surface area contributed by atoms with Crippen LogP contribution in [0.25, 0.3) is 25.9 Å². The van der Waals surface area contributed by atoms with Crippen LogP contribution in [0, 0.1) is 0 Å². The predicted octanol–water partition coefficient (Wildman–Crippen LogP) is 4.29. The Morgan fingerprint density at radius 1 is 1.27 bits per heavy atom. The predicted molar refractivity (Wildman–Crippen MR) is 113 cm³/mol. The van der Waals surface area contributed by atoms with E-state index < -0.39 is 0 Å². The van der Waals surface area contributed by atoms with Crippen molar-refractivity contribution in [3.63, 3.8) is 0 Å². The standard InChI is InChI=1S/C17H17N5OS.C2H6/c1-8(14(23)9(2)16(18)20-3)10-4-5-11-12(6-10)24-15-13(11)21-7-22-17(15)19;1-2/h4-7,23H,2H2,1,3H3,(H2,18,20)(H2,19,21,22);1-2H3/b14-8-;. The van der Waals surface area contributed by atoms with E-state index in [0.717, 1.165) is 25.9 Å². The van der Waals surface area contributed by atoms with Crippen LogP contribution in [0.5, 0.6) is 0 Å². The molecule has 2 aromatic heterocycles. The van der Waals surface area contributed by atoms with Gasteiger partial charge < -0.3 is 16.6 Å². The highest BCUT2D eigenvalue weighted by atomic mass is 32.1. The van der Waals surface area contributed by atoms with Crippen molar-refractivity contribution < 1.29 is 5.11 Å². The van der Waals surface area contributed by atoms with Crippen molar-refractivity contribution in [1.29, 1.82) is 0 Å². The second-order valence-electron chi connectivity index (χ2n) is 5.31. The minimum absolute atomic E-state index is 0.0258. The molecule has 0 aliphatic heterocycles. The molecule has 0 saturated heterocycles.